The van der Waals surface area contributed by atoms with Crippen LogP contribution in [0.15, 0.2) is 24.3 Å². The number of nitrogens with one attached hydrogen (secondary N) is 1. The molecule has 0 aliphatic heterocycles. The van der Waals surface area contributed by atoms with Crippen molar-refractivity contribution in [2.75, 3.05) is 13.7 Å². The number of carbonyl (C=O) groups is 1. The molecule has 1 fully saturated rings. The Hall–Kier alpha value is -1.55. The van der Waals surface area contributed by atoms with Crippen LogP contribution in [0.4, 0.5) is 0 Å². The van der Waals surface area contributed by atoms with Gasteiger partial charge in [-0.25, -0.2) is 0 Å². The fourth-order valence-corrected chi connectivity index (χ4v) is 3.35. The van der Waals surface area contributed by atoms with Crippen LogP contribution in [0.5, 0.6) is 5.75 Å². The lowest BCUT2D eigenvalue weighted by atomic mass is 9.84. The summed E-state index contributed by atoms with van der Waals surface area (Å²) >= 11 is 0. The summed E-state index contributed by atoms with van der Waals surface area (Å²) in [7, 11) is 1.64. The summed E-state index contributed by atoms with van der Waals surface area (Å²) in [6.45, 7) is 4.20. The van der Waals surface area contributed by atoms with Crippen LogP contribution < -0.4 is 10.1 Å². The van der Waals surface area contributed by atoms with E-state index in [1.54, 1.807) is 7.11 Å². The molecule has 1 aromatic carbocycles. The van der Waals surface area contributed by atoms with E-state index < -0.39 is 11.5 Å². The predicted octanol–water partition coefficient (Wildman–Crippen LogP) is 2.93. The van der Waals surface area contributed by atoms with Crippen molar-refractivity contribution in [3.63, 3.8) is 0 Å². The van der Waals surface area contributed by atoms with Gasteiger partial charge in [0.25, 0.3) is 0 Å². The lowest BCUT2D eigenvalue weighted by Gasteiger charge is -2.26. The van der Waals surface area contributed by atoms with Crippen LogP contribution >= 0.6 is 0 Å². The quantitative estimate of drug-likeness (QED) is 0.812. The number of aliphatic hydroxyl groups is 1. The maximum Gasteiger partial charge on any atom is 0.226 e. The molecule has 1 amide bonds. The number of ether oxygens (including phenoxy) is 1. The molecule has 1 unspecified atom stereocenters. The summed E-state index contributed by atoms with van der Waals surface area (Å²) in [4.78, 5) is 12.5. The van der Waals surface area contributed by atoms with Gasteiger partial charge in [0, 0.05) is 12.0 Å². The Morgan fingerprint density at radius 1 is 1.35 bits per heavy atom. The third-order valence-corrected chi connectivity index (χ3v) is 4.86. The largest absolute Gasteiger partial charge is 0.496 e. The van der Waals surface area contributed by atoms with E-state index in [0.29, 0.717) is 18.9 Å². The molecule has 1 saturated carbocycles. The summed E-state index contributed by atoms with van der Waals surface area (Å²) in [6.07, 6.45) is 4.69. The Kier molecular flexibility index (Phi) is 6.05. The molecule has 1 aliphatic rings. The van der Waals surface area contributed by atoms with Gasteiger partial charge < -0.3 is 15.2 Å². The van der Waals surface area contributed by atoms with Crippen molar-refractivity contribution in [3.8, 4) is 5.75 Å². The summed E-state index contributed by atoms with van der Waals surface area (Å²) in [5.41, 5.74) is 0.468. The van der Waals surface area contributed by atoms with Gasteiger partial charge in [-0.2, -0.15) is 0 Å². The second-order valence-electron chi connectivity index (χ2n) is 7.19. The second-order valence-corrected chi connectivity index (χ2v) is 7.19. The number of methoxy groups -OCH3 is 1. The van der Waals surface area contributed by atoms with Gasteiger partial charge in [-0.05, 0) is 36.8 Å². The number of hydrogen-bond acceptors (Lipinski definition) is 3. The predicted molar refractivity (Wildman–Crippen MR) is 91.5 cm³/mol. The third-order valence-electron chi connectivity index (χ3n) is 4.86. The number of benzene rings is 1. The van der Waals surface area contributed by atoms with E-state index >= 15 is 0 Å². The third kappa shape index (κ3) is 4.71. The molecule has 4 nitrogen and oxygen atoms in total. The van der Waals surface area contributed by atoms with E-state index in [9.17, 15) is 9.90 Å². The fourth-order valence-electron chi connectivity index (χ4n) is 3.35. The van der Waals surface area contributed by atoms with Crippen molar-refractivity contribution in [2.45, 2.75) is 52.1 Å². The Morgan fingerprint density at radius 3 is 2.65 bits per heavy atom. The summed E-state index contributed by atoms with van der Waals surface area (Å²) < 4.78 is 5.36. The van der Waals surface area contributed by atoms with E-state index in [1.165, 1.54) is 12.8 Å². The van der Waals surface area contributed by atoms with Gasteiger partial charge >= 0.3 is 0 Å². The fraction of sp³-hybridized carbons (Fsp3) is 0.632. The van der Waals surface area contributed by atoms with Crippen LogP contribution in [-0.4, -0.2) is 30.8 Å². The molecular weight excluding hydrogens is 290 g/mol. The Morgan fingerprint density at radius 2 is 2.00 bits per heavy atom. The zero-order chi connectivity index (χ0) is 16.9. The molecule has 1 aliphatic carbocycles. The molecule has 2 rings (SSSR count). The first kappa shape index (κ1) is 17.8. The van der Waals surface area contributed by atoms with Crippen LogP contribution in [0, 0.1) is 11.3 Å². The monoisotopic (exact) mass is 319 g/mol. The lowest BCUT2D eigenvalue weighted by molar-refractivity contribution is -0.130. The zero-order valence-corrected chi connectivity index (χ0v) is 14.5. The molecule has 0 heterocycles. The van der Waals surface area contributed by atoms with Crippen LogP contribution in [0.2, 0.25) is 0 Å². The first-order chi connectivity index (χ1) is 10.9. The normalized spacial score (nSPS) is 17.0. The van der Waals surface area contributed by atoms with Crippen molar-refractivity contribution >= 4 is 5.91 Å². The van der Waals surface area contributed by atoms with E-state index in [-0.39, 0.29) is 5.91 Å². The Labute approximate surface area is 139 Å². The molecule has 23 heavy (non-hydrogen) atoms. The molecular formula is C19H29NO3. The maximum atomic E-state index is 12.5. The summed E-state index contributed by atoms with van der Waals surface area (Å²) in [6, 6.07) is 7.78. The van der Waals surface area contributed by atoms with Crippen LogP contribution in [0.25, 0.3) is 0 Å². The molecule has 1 aromatic rings. The Bertz CT molecular complexity index is 521. The molecule has 128 valence electrons. The zero-order valence-electron chi connectivity index (χ0n) is 14.5. The number of aliphatic hydroxyl groups excluding tert-OH is 1. The van der Waals surface area contributed by atoms with Gasteiger partial charge in [-0.1, -0.05) is 44.9 Å². The van der Waals surface area contributed by atoms with Crippen molar-refractivity contribution in [2.24, 2.45) is 11.3 Å². The SMILES string of the molecule is COc1ccccc1CC(C)(C)C(=O)NCC(O)C1CCCC1. The molecule has 0 saturated heterocycles. The molecule has 0 radical (unpaired) electrons. The lowest BCUT2D eigenvalue weighted by Crippen LogP contribution is -2.43. The van der Waals surface area contributed by atoms with Crippen molar-refractivity contribution in [1.29, 1.82) is 0 Å². The van der Waals surface area contributed by atoms with Gasteiger partial charge in [0.1, 0.15) is 5.75 Å². The maximum absolute atomic E-state index is 12.5. The Balaban J connectivity index is 1.91. The van der Waals surface area contributed by atoms with Crippen LogP contribution in [0.1, 0.15) is 45.1 Å². The summed E-state index contributed by atoms with van der Waals surface area (Å²) in [5.74, 6) is 1.12. The topological polar surface area (TPSA) is 58.6 Å². The van der Waals surface area contributed by atoms with E-state index in [2.05, 4.69) is 5.32 Å². The highest BCUT2D eigenvalue weighted by molar-refractivity contribution is 5.82. The van der Waals surface area contributed by atoms with Crippen molar-refractivity contribution < 1.29 is 14.6 Å². The average molecular weight is 319 g/mol. The van der Waals surface area contributed by atoms with Crippen molar-refractivity contribution in [3.05, 3.63) is 29.8 Å². The highest BCUT2D eigenvalue weighted by atomic mass is 16.5. The van der Waals surface area contributed by atoms with Gasteiger partial charge in [0.15, 0.2) is 0 Å². The minimum absolute atomic E-state index is 0.0274. The highest BCUT2D eigenvalue weighted by Crippen LogP contribution is 2.29. The minimum Gasteiger partial charge on any atom is -0.496 e. The molecule has 0 aromatic heterocycles. The van der Waals surface area contributed by atoms with Gasteiger partial charge in [0.2, 0.25) is 5.91 Å². The van der Waals surface area contributed by atoms with E-state index in [0.717, 1.165) is 24.2 Å². The standard InChI is InChI=1S/C19H29NO3/c1-19(2,12-15-10-6-7-11-17(15)23-3)18(22)20-13-16(21)14-8-4-5-9-14/h6-7,10-11,14,16,21H,4-5,8-9,12-13H2,1-3H3,(H,20,22). The summed E-state index contributed by atoms with van der Waals surface area (Å²) in [5, 5.41) is 13.1. The van der Waals surface area contributed by atoms with E-state index in [1.807, 2.05) is 38.1 Å². The van der Waals surface area contributed by atoms with Gasteiger partial charge in [-0.3, -0.25) is 4.79 Å². The second kappa shape index (κ2) is 7.82. The number of para-hydroxylation sites is 1. The van der Waals surface area contributed by atoms with E-state index in [4.69, 9.17) is 4.74 Å². The smallest absolute Gasteiger partial charge is 0.226 e. The molecule has 4 heteroatoms. The first-order valence-electron chi connectivity index (χ1n) is 8.52. The number of amides is 1. The first-order valence-corrected chi connectivity index (χ1v) is 8.52. The van der Waals surface area contributed by atoms with Gasteiger partial charge in [-0.15, -0.1) is 0 Å². The number of rotatable bonds is 7. The molecule has 1 atom stereocenters. The van der Waals surface area contributed by atoms with Gasteiger partial charge in [0.05, 0.1) is 13.2 Å². The molecule has 0 bridgehead atoms. The number of carbonyl (C=O) groups excluding carboxylic acids is 1. The minimum atomic E-state index is -0.552. The molecule has 2 N–H and O–H groups in total. The number of hydrogen-bond donors (Lipinski definition) is 2. The highest BCUT2D eigenvalue weighted by Gasteiger charge is 2.30. The van der Waals surface area contributed by atoms with Crippen LogP contribution in [-0.2, 0) is 11.2 Å². The van der Waals surface area contributed by atoms with Crippen LogP contribution in [0.3, 0.4) is 0 Å². The molecule has 0 spiro atoms. The van der Waals surface area contributed by atoms with Crippen molar-refractivity contribution in [1.82, 2.24) is 5.32 Å². The average Bonchev–Trinajstić information content (AvgIpc) is 3.07.